The van der Waals surface area contributed by atoms with Gasteiger partial charge < -0.3 is 10.2 Å². The quantitative estimate of drug-likeness (QED) is 0.203. The molecule has 1 aliphatic heterocycles. The first-order chi connectivity index (χ1) is 19.1. The molecule has 1 unspecified atom stereocenters. The van der Waals surface area contributed by atoms with E-state index in [0.29, 0.717) is 38.9 Å². The lowest BCUT2D eigenvalue weighted by Crippen LogP contribution is -2.27. The van der Waals surface area contributed by atoms with Gasteiger partial charge in [-0.2, -0.15) is 5.26 Å². The molecule has 202 valence electrons. The highest BCUT2D eigenvalue weighted by Crippen LogP contribution is 2.45. The number of halogens is 1. The lowest BCUT2D eigenvalue weighted by Gasteiger charge is -2.26. The van der Waals surface area contributed by atoms with Crippen molar-refractivity contribution in [3.8, 4) is 16.6 Å². The second kappa shape index (κ2) is 13.2. The van der Waals surface area contributed by atoms with E-state index in [9.17, 15) is 5.26 Å². The lowest BCUT2D eigenvalue weighted by molar-refractivity contribution is 0.301. The Balaban J connectivity index is 1.41. The van der Waals surface area contributed by atoms with Gasteiger partial charge in [-0.25, -0.2) is 14.8 Å². The number of pyridine rings is 1. The van der Waals surface area contributed by atoms with Crippen molar-refractivity contribution in [3.63, 3.8) is 0 Å². The molecule has 39 heavy (non-hydrogen) atoms. The summed E-state index contributed by atoms with van der Waals surface area (Å²) in [5.74, 6) is 1.48. The van der Waals surface area contributed by atoms with Gasteiger partial charge in [-0.15, -0.1) is 11.3 Å². The van der Waals surface area contributed by atoms with E-state index >= 15 is 0 Å². The third-order valence-electron chi connectivity index (χ3n) is 7.85. The van der Waals surface area contributed by atoms with E-state index in [-0.39, 0.29) is 5.92 Å². The van der Waals surface area contributed by atoms with Gasteiger partial charge >= 0.3 is 0 Å². The highest BCUT2D eigenvalue weighted by atomic mass is 35.5. The van der Waals surface area contributed by atoms with Crippen molar-refractivity contribution >= 4 is 46.2 Å². The molecule has 3 aromatic rings. The molecule has 2 aromatic heterocycles. The van der Waals surface area contributed by atoms with Crippen molar-refractivity contribution in [2.24, 2.45) is 0 Å². The molecule has 5 rings (SSSR count). The summed E-state index contributed by atoms with van der Waals surface area (Å²) in [6.07, 6.45) is 9.02. The minimum absolute atomic E-state index is 0.233. The molecule has 1 N–H and O–H groups in total. The molecule has 1 aromatic carbocycles. The van der Waals surface area contributed by atoms with E-state index in [0.717, 1.165) is 67.0 Å². The van der Waals surface area contributed by atoms with E-state index in [1.807, 2.05) is 24.3 Å². The van der Waals surface area contributed by atoms with Gasteiger partial charge in [-0.1, -0.05) is 54.8 Å². The standard InChI is InChI=1S/C30H33ClN6S2/c1-33-27-26(20-7-4-3-5-8-20)25(17-32)30(36-28(27)34-15-14-24-9-6-16-37(24)2)39-19-23-18-38-29(35-23)21-10-12-22(31)13-11-21/h10-13,18,20,24H,3-9,14-16,19H2,2H3,(H,34,36). The maximum absolute atomic E-state index is 10.3. The number of nitriles is 1. The third kappa shape index (κ3) is 6.58. The van der Waals surface area contributed by atoms with Gasteiger partial charge in [0.15, 0.2) is 0 Å². The molecule has 3 heterocycles. The number of likely N-dealkylation sites (tertiary alicyclic amines) is 1. The fourth-order valence-electron chi connectivity index (χ4n) is 5.75. The van der Waals surface area contributed by atoms with Crippen LogP contribution < -0.4 is 5.32 Å². The van der Waals surface area contributed by atoms with Crippen LogP contribution in [-0.2, 0) is 5.75 Å². The van der Waals surface area contributed by atoms with Gasteiger partial charge in [0.25, 0.3) is 0 Å². The zero-order valence-corrected chi connectivity index (χ0v) is 24.6. The molecule has 0 radical (unpaired) electrons. The Kier molecular flexibility index (Phi) is 9.42. The number of anilines is 1. The number of rotatable bonds is 9. The van der Waals surface area contributed by atoms with Crippen molar-refractivity contribution < 1.29 is 0 Å². The zero-order valence-electron chi connectivity index (χ0n) is 22.3. The van der Waals surface area contributed by atoms with E-state index in [1.54, 1.807) is 23.1 Å². The summed E-state index contributed by atoms with van der Waals surface area (Å²) >= 11 is 9.19. The van der Waals surface area contributed by atoms with Crippen molar-refractivity contribution in [1.82, 2.24) is 14.9 Å². The fourth-order valence-corrected chi connectivity index (χ4v) is 7.70. The molecule has 0 bridgehead atoms. The molecular formula is C30H33ClN6S2. The summed E-state index contributed by atoms with van der Waals surface area (Å²) in [7, 11) is 2.19. The maximum Gasteiger partial charge on any atom is 0.232 e. The number of nitrogens with one attached hydrogen (secondary N) is 1. The van der Waals surface area contributed by atoms with E-state index in [4.69, 9.17) is 28.1 Å². The summed E-state index contributed by atoms with van der Waals surface area (Å²) in [5, 5.41) is 18.2. The Labute approximate surface area is 244 Å². The molecule has 6 nitrogen and oxygen atoms in total. The predicted octanol–water partition coefficient (Wildman–Crippen LogP) is 8.52. The SMILES string of the molecule is [C-]#[N+]c1c(NCCC2CCCN2C)nc(SCc2csc(-c3ccc(Cl)cc3)n2)c(C#N)c1C1CCCCC1. The van der Waals surface area contributed by atoms with Crippen LogP contribution in [0.2, 0.25) is 5.02 Å². The topological polar surface area (TPSA) is 69.2 Å². The van der Waals surface area contributed by atoms with Gasteiger partial charge in [0, 0.05) is 34.3 Å². The summed E-state index contributed by atoms with van der Waals surface area (Å²) in [5.41, 5.74) is 4.02. The van der Waals surface area contributed by atoms with Crippen LogP contribution in [0.5, 0.6) is 0 Å². The summed E-state index contributed by atoms with van der Waals surface area (Å²) < 4.78 is 0. The van der Waals surface area contributed by atoms with Crippen LogP contribution >= 0.6 is 34.7 Å². The largest absolute Gasteiger partial charge is 0.379 e. The molecule has 2 aliphatic rings. The van der Waals surface area contributed by atoms with Crippen LogP contribution in [0.3, 0.4) is 0 Å². The molecule has 0 amide bonds. The minimum atomic E-state index is 0.233. The monoisotopic (exact) mass is 576 g/mol. The Hall–Kier alpha value is -2.62. The first-order valence-electron chi connectivity index (χ1n) is 13.7. The zero-order chi connectivity index (χ0) is 27.2. The van der Waals surface area contributed by atoms with Gasteiger partial charge in [0.2, 0.25) is 5.69 Å². The number of hydrogen-bond acceptors (Lipinski definition) is 7. The third-order valence-corrected chi connectivity index (χ3v) is 10.1. The van der Waals surface area contributed by atoms with Crippen LogP contribution in [0.4, 0.5) is 11.5 Å². The van der Waals surface area contributed by atoms with Crippen LogP contribution in [0.15, 0.2) is 34.7 Å². The average molecular weight is 577 g/mol. The molecule has 1 saturated heterocycles. The van der Waals surface area contributed by atoms with Gasteiger partial charge in [-0.3, -0.25) is 0 Å². The van der Waals surface area contributed by atoms with Crippen LogP contribution in [-0.4, -0.2) is 41.0 Å². The van der Waals surface area contributed by atoms with Gasteiger partial charge in [0.05, 0.1) is 17.8 Å². The van der Waals surface area contributed by atoms with E-state index in [2.05, 4.69) is 33.6 Å². The molecule has 0 spiro atoms. The highest BCUT2D eigenvalue weighted by molar-refractivity contribution is 7.98. The fraction of sp³-hybridized carbons (Fsp3) is 0.467. The number of nitrogens with zero attached hydrogens (tertiary/aromatic N) is 5. The first-order valence-corrected chi connectivity index (χ1v) is 15.9. The number of benzene rings is 1. The second-order valence-corrected chi connectivity index (χ2v) is 12.7. The van der Waals surface area contributed by atoms with Crippen LogP contribution in [0, 0.1) is 17.9 Å². The molecule has 1 aliphatic carbocycles. The van der Waals surface area contributed by atoms with Crippen molar-refractivity contribution in [2.75, 3.05) is 25.5 Å². The molecule has 9 heteroatoms. The highest BCUT2D eigenvalue weighted by Gasteiger charge is 2.28. The molecular weight excluding hydrogens is 544 g/mol. The van der Waals surface area contributed by atoms with E-state index in [1.165, 1.54) is 19.3 Å². The summed E-state index contributed by atoms with van der Waals surface area (Å²) in [6, 6.07) is 10.7. The van der Waals surface area contributed by atoms with Crippen LogP contribution in [0.1, 0.15) is 74.1 Å². The second-order valence-electron chi connectivity index (χ2n) is 10.4. The molecule has 1 saturated carbocycles. The van der Waals surface area contributed by atoms with Crippen molar-refractivity contribution in [1.29, 1.82) is 5.26 Å². The molecule has 1 atom stereocenters. The maximum atomic E-state index is 10.3. The Bertz CT molecular complexity index is 1370. The van der Waals surface area contributed by atoms with Crippen molar-refractivity contribution in [2.45, 2.75) is 74.1 Å². The van der Waals surface area contributed by atoms with Gasteiger partial charge in [-0.05, 0) is 69.3 Å². The first kappa shape index (κ1) is 27.9. The Morgan fingerprint density at radius 1 is 1.18 bits per heavy atom. The minimum Gasteiger partial charge on any atom is -0.379 e. The Morgan fingerprint density at radius 3 is 2.67 bits per heavy atom. The smallest absolute Gasteiger partial charge is 0.232 e. The number of hydrogen-bond donors (Lipinski definition) is 1. The number of aromatic nitrogens is 2. The van der Waals surface area contributed by atoms with Crippen molar-refractivity contribution in [3.05, 3.63) is 62.9 Å². The number of thioether (sulfide) groups is 1. The predicted molar refractivity (Wildman–Crippen MR) is 162 cm³/mol. The Morgan fingerprint density at radius 2 is 1.97 bits per heavy atom. The summed E-state index contributed by atoms with van der Waals surface area (Å²) in [6.45, 7) is 9.97. The summed E-state index contributed by atoms with van der Waals surface area (Å²) in [4.78, 5) is 16.1. The normalized spacial score (nSPS) is 18.1. The number of thiazole rings is 1. The van der Waals surface area contributed by atoms with Crippen LogP contribution in [0.25, 0.3) is 15.4 Å². The lowest BCUT2D eigenvalue weighted by atomic mass is 9.82. The molecule has 2 fully saturated rings. The van der Waals surface area contributed by atoms with E-state index < -0.39 is 0 Å². The average Bonchev–Trinajstić information content (AvgIpc) is 3.61. The van der Waals surface area contributed by atoms with Gasteiger partial charge in [0.1, 0.15) is 21.9 Å².